The number of anilines is 1. The van der Waals surface area contributed by atoms with Crippen molar-refractivity contribution in [1.82, 2.24) is 19.8 Å². The second kappa shape index (κ2) is 8.79. The lowest BCUT2D eigenvalue weighted by Gasteiger charge is -2.22. The molecule has 2 amide bonds. The Morgan fingerprint density at radius 1 is 1.25 bits per heavy atom. The number of nitrogens with zero attached hydrogens (tertiary/aromatic N) is 3. The molecule has 148 valence electrons. The quantitative estimate of drug-likeness (QED) is 0.577. The molecule has 1 aromatic heterocycles. The maximum Gasteiger partial charge on any atom is 0.313 e. The minimum Gasteiger partial charge on any atom is -0.346 e. The number of imidazole rings is 1. The van der Waals surface area contributed by atoms with Crippen molar-refractivity contribution in [2.24, 2.45) is 7.05 Å². The van der Waals surface area contributed by atoms with Crippen molar-refractivity contribution >= 4 is 23.3 Å². The summed E-state index contributed by atoms with van der Waals surface area (Å²) in [5.74, 6) is -1.38. The lowest BCUT2D eigenvalue weighted by molar-refractivity contribution is -0.136. The molecule has 8 nitrogen and oxygen atoms in total. The van der Waals surface area contributed by atoms with E-state index < -0.39 is 11.8 Å². The van der Waals surface area contributed by atoms with E-state index >= 15 is 0 Å². The highest BCUT2D eigenvalue weighted by Gasteiger charge is 2.24. The molecule has 0 spiro atoms. The molecule has 28 heavy (non-hydrogen) atoms. The summed E-state index contributed by atoms with van der Waals surface area (Å²) in [7, 11) is 1.74. The number of hydrogen-bond donors (Lipinski definition) is 2. The predicted molar refractivity (Wildman–Crippen MR) is 105 cm³/mol. The van der Waals surface area contributed by atoms with Crippen LogP contribution < -0.4 is 10.6 Å². The summed E-state index contributed by atoms with van der Waals surface area (Å²) in [4.78, 5) is 43.2. The van der Waals surface area contributed by atoms with Crippen molar-refractivity contribution < 1.29 is 14.4 Å². The van der Waals surface area contributed by atoms with Gasteiger partial charge in [-0.05, 0) is 38.1 Å². The number of rotatable bonds is 6. The van der Waals surface area contributed by atoms with Gasteiger partial charge in [-0.1, -0.05) is 19.1 Å². The topological polar surface area (TPSA) is 96.3 Å². The summed E-state index contributed by atoms with van der Waals surface area (Å²) in [5.41, 5.74) is 0.772. The zero-order chi connectivity index (χ0) is 20.1. The third kappa shape index (κ3) is 4.45. The third-order valence-corrected chi connectivity index (χ3v) is 5.02. The first-order valence-electron chi connectivity index (χ1n) is 9.45. The van der Waals surface area contributed by atoms with E-state index in [1.54, 1.807) is 42.2 Å². The van der Waals surface area contributed by atoms with E-state index in [2.05, 4.69) is 27.4 Å². The second-order valence-electron chi connectivity index (χ2n) is 6.86. The van der Waals surface area contributed by atoms with Crippen LogP contribution in [0, 0.1) is 0 Å². The van der Waals surface area contributed by atoms with Crippen LogP contribution in [-0.2, 0) is 16.6 Å². The van der Waals surface area contributed by atoms with Crippen molar-refractivity contribution in [3.05, 3.63) is 48.0 Å². The first-order chi connectivity index (χ1) is 13.5. The van der Waals surface area contributed by atoms with Crippen LogP contribution in [0.4, 0.5) is 5.69 Å². The Bertz CT molecular complexity index is 876. The fraction of sp³-hybridized carbons (Fsp3) is 0.400. The molecule has 0 unspecified atom stereocenters. The highest BCUT2D eigenvalue weighted by Crippen LogP contribution is 2.16. The number of amides is 2. The first kappa shape index (κ1) is 19.8. The molecule has 1 saturated heterocycles. The van der Waals surface area contributed by atoms with Gasteiger partial charge in [-0.25, -0.2) is 4.98 Å². The third-order valence-electron chi connectivity index (χ3n) is 5.02. The van der Waals surface area contributed by atoms with Crippen LogP contribution in [0.15, 0.2) is 36.7 Å². The fourth-order valence-corrected chi connectivity index (χ4v) is 3.47. The number of likely N-dealkylation sites (tertiary alicyclic amines) is 1. The number of likely N-dealkylation sites (N-methyl/N-ethyl adjacent to an activating group) is 1. The maximum absolute atomic E-state index is 12.5. The molecule has 3 rings (SSSR count). The molecule has 0 radical (unpaired) electrons. The number of hydrogen-bond acceptors (Lipinski definition) is 5. The molecule has 0 aliphatic carbocycles. The molecule has 1 aliphatic rings. The van der Waals surface area contributed by atoms with E-state index in [1.165, 1.54) is 6.07 Å². The number of ketones is 1. The van der Waals surface area contributed by atoms with Gasteiger partial charge in [0.2, 0.25) is 5.78 Å². The molecular formula is C20H25N5O3. The van der Waals surface area contributed by atoms with Gasteiger partial charge in [-0.3, -0.25) is 19.3 Å². The Morgan fingerprint density at radius 3 is 2.79 bits per heavy atom. The molecular weight excluding hydrogens is 358 g/mol. The van der Waals surface area contributed by atoms with Crippen LogP contribution >= 0.6 is 0 Å². The summed E-state index contributed by atoms with van der Waals surface area (Å²) < 4.78 is 1.63. The number of carbonyl (C=O) groups excluding carboxylic acids is 3. The first-order valence-corrected chi connectivity index (χ1v) is 9.45. The molecule has 2 aromatic rings. The zero-order valence-corrected chi connectivity index (χ0v) is 16.1. The maximum atomic E-state index is 12.5. The van der Waals surface area contributed by atoms with Gasteiger partial charge in [0.15, 0.2) is 5.82 Å². The Morgan fingerprint density at radius 2 is 2.07 bits per heavy atom. The van der Waals surface area contributed by atoms with Crippen LogP contribution in [0.2, 0.25) is 0 Å². The van der Waals surface area contributed by atoms with E-state index in [-0.39, 0.29) is 11.8 Å². The fourth-order valence-electron chi connectivity index (χ4n) is 3.47. The Kier molecular flexibility index (Phi) is 6.20. The molecule has 1 aliphatic heterocycles. The average Bonchev–Trinajstić information content (AvgIpc) is 3.33. The average molecular weight is 383 g/mol. The summed E-state index contributed by atoms with van der Waals surface area (Å²) in [5, 5.41) is 5.26. The highest BCUT2D eigenvalue weighted by molar-refractivity contribution is 6.39. The van der Waals surface area contributed by atoms with Crippen LogP contribution in [0.3, 0.4) is 0 Å². The van der Waals surface area contributed by atoms with Gasteiger partial charge < -0.3 is 15.2 Å². The summed E-state index contributed by atoms with van der Waals surface area (Å²) >= 11 is 0. The second-order valence-corrected chi connectivity index (χ2v) is 6.86. The van der Waals surface area contributed by atoms with Gasteiger partial charge in [0.1, 0.15) is 0 Å². The molecule has 2 heterocycles. The van der Waals surface area contributed by atoms with Crippen molar-refractivity contribution in [3.63, 3.8) is 0 Å². The minimum atomic E-state index is -0.748. The summed E-state index contributed by atoms with van der Waals surface area (Å²) in [6, 6.07) is 6.75. The number of nitrogens with one attached hydrogen (secondary N) is 2. The van der Waals surface area contributed by atoms with Crippen molar-refractivity contribution in [2.45, 2.75) is 25.8 Å². The van der Waals surface area contributed by atoms with E-state index in [0.717, 1.165) is 25.9 Å². The largest absolute Gasteiger partial charge is 0.346 e. The lowest BCUT2D eigenvalue weighted by atomic mass is 10.1. The minimum absolute atomic E-state index is 0.256. The molecule has 2 N–H and O–H groups in total. The Labute approximate surface area is 163 Å². The number of benzene rings is 1. The Hall–Kier alpha value is -3.00. The molecule has 1 atom stereocenters. The van der Waals surface area contributed by atoms with Crippen LogP contribution in [0.25, 0.3) is 0 Å². The van der Waals surface area contributed by atoms with Crippen LogP contribution in [0.1, 0.15) is 35.9 Å². The van der Waals surface area contributed by atoms with Gasteiger partial charge >= 0.3 is 11.8 Å². The summed E-state index contributed by atoms with van der Waals surface area (Å²) in [6.45, 7) is 4.51. The van der Waals surface area contributed by atoms with Gasteiger partial charge in [0.05, 0.1) is 0 Å². The van der Waals surface area contributed by atoms with Crippen LogP contribution in [-0.4, -0.2) is 57.7 Å². The van der Waals surface area contributed by atoms with Crippen LogP contribution in [0.5, 0.6) is 0 Å². The smallest absolute Gasteiger partial charge is 0.313 e. The van der Waals surface area contributed by atoms with E-state index in [9.17, 15) is 14.4 Å². The number of aromatic nitrogens is 2. The molecule has 0 bridgehead atoms. The van der Waals surface area contributed by atoms with E-state index in [1.807, 2.05) is 0 Å². The Balaban J connectivity index is 1.59. The monoisotopic (exact) mass is 383 g/mol. The SMILES string of the molecule is CCN1CCC[C@H]1CNC(=O)C(=O)Nc1cccc(C(=O)c2nccn2C)c1. The van der Waals surface area contributed by atoms with Crippen molar-refractivity contribution in [2.75, 3.05) is 25.0 Å². The highest BCUT2D eigenvalue weighted by atomic mass is 16.2. The van der Waals surface area contributed by atoms with Gasteiger partial charge in [-0.15, -0.1) is 0 Å². The molecule has 1 aromatic carbocycles. The van der Waals surface area contributed by atoms with Gasteiger partial charge in [0.25, 0.3) is 0 Å². The van der Waals surface area contributed by atoms with Crippen molar-refractivity contribution in [1.29, 1.82) is 0 Å². The van der Waals surface area contributed by atoms with Gasteiger partial charge in [-0.2, -0.15) is 0 Å². The van der Waals surface area contributed by atoms with Gasteiger partial charge in [0, 0.05) is 43.3 Å². The molecule has 8 heteroatoms. The molecule has 0 saturated carbocycles. The lowest BCUT2D eigenvalue weighted by Crippen LogP contribution is -2.43. The van der Waals surface area contributed by atoms with E-state index in [4.69, 9.17) is 0 Å². The van der Waals surface area contributed by atoms with E-state index in [0.29, 0.717) is 23.6 Å². The zero-order valence-electron chi connectivity index (χ0n) is 16.1. The number of carbonyl (C=O) groups is 3. The molecule has 1 fully saturated rings. The summed E-state index contributed by atoms with van der Waals surface area (Å²) in [6.07, 6.45) is 5.37. The number of aryl methyl sites for hydroxylation is 1. The standard InChI is InChI=1S/C20H25N5O3/c1-3-25-10-5-8-16(25)13-22-19(27)20(28)23-15-7-4-6-14(12-15)17(26)18-21-9-11-24(18)2/h4,6-7,9,11-12,16H,3,5,8,10,13H2,1-2H3,(H,22,27)(H,23,28)/t16-/m0/s1. The normalized spacial score (nSPS) is 16.7. The van der Waals surface area contributed by atoms with Crippen molar-refractivity contribution in [3.8, 4) is 0 Å². The predicted octanol–water partition coefficient (Wildman–Crippen LogP) is 1.19.